The molecule has 1 heterocycles. The normalized spacial score (nSPS) is 22.6. The predicted octanol–water partition coefficient (Wildman–Crippen LogP) is 3.86. The second-order valence-electron chi connectivity index (χ2n) is 7.20. The highest BCUT2D eigenvalue weighted by Crippen LogP contribution is 2.37. The van der Waals surface area contributed by atoms with Gasteiger partial charge < -0.3 is 9.72 Å². The van der Waals surface area contributed by atoms with E-state index in [9.17, 15) is 31.9 Å². The largest absolute Gasteiger partial charge is 0.468 e. The number of Topliss-reactive ketones (excluding diaryl/α,β-unsaturated/α-hetero) is 1. The molecule has 0 amide bonds. The van der Waals surface area contributed by atoms with E-state index in [2.05, 4.69) is 14.7 Å². The Labute approximate surface area is 175 Å². The van der Waals surface area contributed by atoms with Crippen LogP contribution in [0.25, 0.3) is 0 Å². The Hall–Kier alpha value is -1.91. The number of rotatable bonds is 2. The molecule has 30 heavy (non-hydrogen) atoms. The van der Waals surface area contributed by atoms with Crippen molar-refractivity contribution in [3.8, 4) is 0 Å². The number of carbonyl (C=O) groups is 2. The zero-order valence-corrected chi connectivity index (χ0v) is 17.6. The lowest BCUT2D eigenvalue weighted by atomic mass is 9.97. The molecule has 0 spiro atoms. The van der Waals surface area contributed by atoms with Crippen molar-refractivity contribution in [1.82, 2.24) is 9.97 Å². The van der Waals surface area contributed by atoms with E-state index >= 15 is 0 Å². The van der Waals surface area contributed by atoms with Crippen LogP contribution in [0.1, 0.15) is 56.2 Å². The maximum atomic E-state index is 13.7. The second-order valence-corrected chi connectivity index (χ2v) is 8.00. The minimum absolute atomic E-state index is 0.153. The molecule has 6 nitrogen and oxygen atoms in total. The Morgan fingerprint density at radius 1 is 1.10 bits per heavy atom. The van der Waals surface area contributed by atoms with E-state index in [1.807, 2.05) is 0 Å². The standard InChI is InChI=1S/C10H12F2N2OS.C9H12F2O3/c1-16-9-13-7-6(8(15)14-9)4-2-3-5-10(7,11)12;1-14-8(13)6-4-2-3-5-9(10,11)7(6)12/h2-5H2,1H3,(H,13,14,15);6H,2-5H2,1H3. The minimum Gasteiger partial charge on any atom is -0.468 e. The lowest BCUT2D eigenvalue weighted by molar-refractivity contribution is -0.159. The number of H-pyrrole nitrogens is 1. The molecule has 1 aromatic heterocycles. The molecular formula is C19H24F4N2O4S. The maximum Gasteiger partial charge on any atom is 0.316 e. The molecule has 168 valence electrons. The highest BCUT2D eigenvalue weighted by molar-refractivity contribution is 7.98. The third kappa shape index (κ3) is 5.61. The number of ketones is 1. The van der Waals surface area contributed by atoms with Crippen LogP contribution in [0.4, 0.5) is 17.6 Å². The summed E-state index contributed by atoms with van der Waals surface area (Å²) in [5.74, 6) is -9.75. The molecule has 1 N–H and O–H groups in total. The molecule has 0 aromatic carbocycles. The number of hydrogen-bond acceptors (Lipinski definition) is 6. The quantitative estimate of drug-likeness (QED) is 0.139. The van der Waals surface area contributed by atoms with E-state index in [-0.39, 0.29) is 35.7 Å². The fourth-order valence-electron chi connectivity index (χ4n) is 3.45. The van der Waals surface area contributed by atoms with E-state index in [1.54, 1.807) is 6.26 Å². The first-order valence-corrected chi connectivity index (χ1v) is 10.8. The number of alkyl halides is 4. The summed E-state index contributed by atoms with van der Waals surface area (Å²) in [5, 5.41) is 0.255. The SMILES string of the molecule is COC(=O)C1CCCCC(F)(F)C1=O.CSc1nc2c(c(=O)[nH]1)CCCCC2(F)F. The number of nitrogens with zero attached hydrogens (tertiary/aromatic N) is 1. The maximum absolute atomic E-state index is 13.7. The van der Waals surface area contributed by atoms with Gasteiger partial charge >= 0.3 is 11.9 Å². The molecule has 1 unspecified atom stereocenters. The van der Waals surface area contributed by atoms with Crippen LogP contribution in [-0.4, -0.2) is 41.0 Å². The average Bonchev–Trinajstić information content (AvgIpc) is 2.94. The number of esters is 1. The average molecular weight is 452 g/mol. The van der Waals surface area contributed by atoms with Crippen LogP contribution in [0, 0.1) is 5.92 Å². The molecule has 0 saturated heterocycles. The number of thioether (sulfide) groups is 1. The van der Waals surface area contributed by atoms with Crippen LogP contribution in [-0.2, 0) is 26.7 Å². The van der Waals surface area contributed by atoms with Crippen LogP contribution in [0.3, 0.4) is 0 Å². The van der Waals surface area contributed by atoms with Gasteiger partial charge in [-0.05, 0) is 38.4 Å². The van der Waals surface area contributed by atoms with Gasteiger partial charge in [0.25, 0.3) is 11.5 Å². The third-order valence-electron chi connectivity index (χ3n) is 5.10. The third-order valence-corrected chi connectivity index (χ3v) is 5.68. The number of halogens is 4. The van der Waals surface area contributed by atoms with Crippen molar-refractivity contribution in [2.75, 3.05) is 13.4 Å². The summed E-state index contributed by atoms with van der Waals surface area (Å²) < 4.78 is 57.9. The molecule has 0 bridgehead atoms. The van der Waals surface area contributed by atoms with Crippen LogP contribution in [0.5, 0.6) is 0 Å². The van der Waals surface area contributed by atoms with Crippen LogP contribution in [0.15, 0.2) is 9.95 Å². The summed E-state index contributed by atoms with van der Waals surface area (Å²) in [4.78, 5) is 40.3. The van der Waals surface area contributed by atoms with Gasteiger partial charge in [-0.3, -0.25) is 14.4 Å². The van der Waals surface area contributed by atoms with Gasteiger partial charge in [0, 0.05) is 18.4 Å². The Morgan fingerprint density at radius 2 is 1.73 bits per heavy atom. The van der Waals surface area contributed by atoms with Gasteiger partial charge in [0.15, 0.2) is 5.16 Å². The zero-order chi connectivity index (χ0) is 22.5. The van der Waals surface area contributed by atoms with E-state index in [0.29, 0.717) is 25.7 Å². The number of nitrogens with one attached hydrogen (secondary N) is 1. The van der Waals surface area contributed by atoms with Gasteiger partial charge in [-0.1, -0.05) is 18.2 Å². The van der Waals surface area contributed by atoms with Crippen LogP contribution >= 0.6 is 11.8 Å². The molecule has 1 fully saturated rings. The first kappa shape index (κ1) is 24.4. The first-order chi connectivity index (χ1) is 14.0. The molecule has 0 radical (unpaired) electrons. The fraction of sp³-hybridized carbons (Fsp3) is 0.684. The number of ether oxygens (including phenoxy) is 1. The number of methoxy groups -OCH3 is 1. The Balaban J connectivity index is 0.000000216. The van der Waals surface area contributed by atoms with Gasteiger partial charge in [0.05, 0.1) is 7.11 Å². The summed E-state index contributed by atoms with van der Waals surface area (Å²) in [6, 6.07) is 0. The van der Waals surface area contributed by atoms with Crippen LogP contribution < -0.4 is 5.56 Å². The van der Waals surface area contributed by atoms with Crippen LogP contribution in [0.2, 0.25) is 0 Å². The smallest absolute Gasteiger partial charge is 0.316 e. The fourth-order valence-corrected chi connectivity index (χ4v) is 3.82. The Bertz CT molecular complexity index is 844. The van der Waals surface area contributed by atoms with Crippen molar-refractivity contribution in [2.24, 2.45) is 5.92 Å². The van der Waals surface area contributed by atoms with E-state index < -0.39 is 41.5 Å². The first-order valence-electron chi connectivity index (χ1n) is 9.59. The number of hydrogen-bond donors (Lipinski definition) is 1. The lowest BCUT2D eigenvalue weighted by Gasteiger charge is -2.15. The van der Waals surface area contributed by atoms with Crippen molar-refractivity contribution in [3.05, 3.63) is 21.6 Å². The molecular weight excluding hydrogens is 428 g/mol. The molecule has 0 aliphatic heterocycles. The van der Waals surface area contributed by atoms with E-state index in [0.717, 1.165) is 18.9 Å². The lowest BCUT2D eigenvalue weighted by Crippen LogP contribution is -2.37. The molecule has 2 aliphatic carbocycles. The van der Waals surface area contributed by atoms with Crippen molar-refractivity contribution < 1.29 is 31.9 Å². The topological polar surface area (TPSA) is 89.1 Å². The second kappa shape index (κ2) is 9.93. The minimum atomic E-state index is -3.37. The van der Waals surface area contributed by atoms with Crippen molar-refractivity contribution >= 4 is 23.5 Å². The molecule has 3 rings (SSSR count). The van der Waals surface area contributed by atoms with E-state index in [4.69, 9.17) is 0 Å². The van der Waals surface area contributed by atoms with Gasteiger partial charge in [0.1, 0.15) is 11.6 Å². The highest BCUT2D eigenvalue weighted by Gasteiger charge is 2.47. The predicted molar refractivity (Wildman–Crippen MR) is 102 cm³/mol. The molecule has 2 aliphatic rings. The summed E-state index contributed by atoms with van der Waals surface area (Å²) in [5.41, 5.74) is -0.589. The molecule has 11 heteroatoms. The summed E-state index contributed by atoms with van der Waals surface area (Å²) in [7, 11) is 1.10. The highest BCUT2D eigenvalue weighted by atomic mass is 32.2. The summed E-state index contributed by atoms with van der Waals surface area (Å²) >= 11 is 1.16. The van der Waals surface area contributed by atoms with Gasteiger partial charge in [-0.2, -0.15) is 17.6 Å². The van der Waals surface area contributed by atoms with E-state index in [1.165, 1.54) is 0 Å². The van der Waals surface area contributed by atoms with Crippen molar-refractivity contribution in [2.45, 2.75) is 68.4 Å². The van der Waals surface area contributed by atoms with Gasteiger partial charge in [-0.25, -0.2) is 4.98 Å². The Kier molecular flexibility index (Phi) is 8.06. The van der Waals surface area contributed by atoms with Crippen molar-refractivity contribution in [3.63, 3.8) is 0 Å². The number of aromatic nitrogens is 2. The number of fused-ring (bicyclic) bond motifs is 1. The monoisotopic (exact) mass is 452 g/mol. The Morgan fingerprint density at radius 3 is 2.37 bits per heavy atom. The van der Waals surface area contributed by atoms with Gasteiger partial charge in [-0.15, -0.1) is 0 Å². The summed E-state index contributed by atoms with van der Waals surface area (Å²) in [6.07, 6.45) is 3.35. The molecule has 1 aromatic rings. The number of carbonyl (C=O) groups excluding carboxylic acids is 2. The molecule has 1 saturated carbocycles. The van der Waals surface area contributed by atoms with Gasteiger partial charge in [0.2, 0.25) is 5.78 Å². The number of aromatic amines is 1. The summed E-state index contributed by atoms with van der Waals surface area (Å²) in [6.45, 7) is 0. The molecule has 1 atom stereocenters. The zero-order valence-electron chi connectivity index (χ0n) is 16.7. The van der Waals surface area contributed by atoms with Crippen molar-refractivity contribution in [1.29, 1.82) is 0 Å².